The molecule has 1 fully saturated rings. The van der Waals surface area contributed by atoms with Gasteiger partial charge in [0.2, 0.25) is 0 Å². The maximum absolute atomic E-state index is 11.4. The number of thioether (sulfide) groups is 1. The van der Waals surface area contributed by atoms with E-state index < -0.39 is 11.8 Å². The first-order valence-corrected chi connectivity index (χ1v) is 6.62. The highest BCUT2D eigenvalue weighted by Gasteiger charge is 2.20. The Hall–Kier alpha value is -1.08. The molecular formula is C10H15N3O3S. The molecule has 6 nitrogen and oxygen atoms in total. The summed E-state index contributed by atoms with van der Waals surface area (Å²) in [7, 11) is 0. The zero-order valence-electron chi connectivity index (χ0n) is 9.40. The predicted octanol–water partition coefficient (Wildman–Crippen LogP) is -0.499. The van der Waals surface area contributed by atoms with Crippen molar-refractivity contribution in [2.45, 2.75) is 18.9 Å². The molecule has 2 heterocycles. The summed E-state index contributed by atoms with van der Waals surface area (Å²) < 4.78 is 5.34. The lowest BCUT2D eigenvalue weighted by molar-refractivity contribution is -0.138. The van der Waals surface area contributed by atoms with Gasteiger partial charge in [0.05, 0.1) is 12.6 Å². The Kier molecular flexibility index (Phi) is 4.38. The highest BCUT2D eigenvalue weighted by atomic mass is 32.2. The first-order valence-electron chi connectivity index (χ1n) is 5.64. The van der Waals surface area contributed by atoms with E-state index in [1.165, 1.54) is 11.8 Å². The quantitative estimate of drug-likeness (QED) is 0.654. The van der Waals surface area contributed by atoms with Crippen LogP contribution in [-0.4, -0.2) is 48.5 Å². The van der Waals surface area contributed by atoms with Gasteiger partial charge >= 0.3 is 11.8 Å². The largest absolute Gasteiger partial charge is 0.376 e. The van der Waals surface area contributed by atoms with Gasteiger partial charge in [-0.25, -0.2) is 0 Å². The molecule has 0 aromatic rings. The molecule has 94 valence electrons. The number of hydrogen-bond acceptors (Lipinski definition) is 5. The fourth-order valence-corrected chi connectivity index (χ4v) is 2.38. The van der Waals surface area contributed by atoms with Crippen LogP contribution in [0, 0.1) is 0 Å². The summed E-state index contributed by atoms with van der Waals surface area (Å²) in [5.41, 5.74) is 0. The van der Waals surface area contributed by atoms with Crippen LogP contribution in [-0.2, 0) is 14.3 Å². The molecule has 0 saturated carbocycles. The molecule has 0 aromatic heterocycles. The van der Waals surface area contributed by atoms with Crippen molar-refractivity contribution in [2.24, 2.45) is 4.99 Å². The minimum absolute atomic E-state index is 0.0462. The van der Waals surface area contributed by atoms with E-state index in [9.17, 15) is 9.59 Å². The van der Waals surface area contributed by atoms with Gasteiger partial charge in [-0.15, -0.1) is 0 Å². The zero-order chi connectivity index (χ0) is 12.1. The molecule has 0 spiro atoms. The second-order valence-electron chi connectivity index (χ2n) is 3.83. The monoisotopic (exact) mass is 257 g/mol. The molecule has 1 saturated heterocycles. The Balaban J connectivity index is 1.69. The highest BCUT2D eigenvalue weighted by Crippen LogP contribution is 2.10. The first kappa shape index (κ1) is 12.4. The Bertz CT molecular complexity index is 340. The van der Waals surface area contributed by atoms with Crippen molar-refractivity contribution in [3.8, 4) is 0 Å². The predicted molar refractivity (Wildman–Crippen MR) is 64.9 cm³/mol. The number of carbonyl (C=O) groups excluding carboxylic acids is 2. The van der Waals surface area contributed by atoms with Gasteiger partial charge in [-0.3, -0.25) is 19.9 Å². The summed E-state index contributed by atoms with van der Waals surface area (Å²) in [6, 6.07) is 0. The molecule has 17 heavy (non-hydrogen) atoms. The smallest absolute Gasteiger partial charge is 0.315 e. The number of nitrogens with zero attached hydrogens (tertiary/aromatic N) is 1. The van der Waals surface area contributed by atoms with E-state index in [0.29, 0.717) is 18.3 Å². The molecule has 1 unspecified atom stereocenters. The molecule has 7 heteroatoms. The number of nitrogens with one attached hydrogen (secondary N) is 2. The average Bonchev–Trinajstić information content (AvgIpc) is 2.98. The summed E-state index contributed by atoms with van der Waals surface area (Å²) in [6.07, 6.45) is 2.00. The van der Waals surface area contributed by atoms with Gasteiger partial charge < -0.3 is 10.1 Å². The number of amides is 2. The third-order valence-corrected chi connectivity index (χ3v) is 3.42. The van der Waals surface area contributed by atoms with Crippen molar-refractivity contribution in [1.82, 2.24) is 10.6 Å². The van der Waals surface area contributed by atoms with E-state index in [4.69, 9.17) is 4.74 Å². The minimum atomic E-state index is -0.656. The maximum Gasteiger partial charge on any atom is 0.315 e. The lowest BCUT2D eigenvalue weighted by atomic mass is 10.2. The van der Waals surface area contributed by atoms with Crippen LogP contribution in [0.2, 0.25) is 0 Å². The van der Waals surface area contributed by atoms with Gasteiger partial charge in [-0.1, -0.05) is 11.8 Å². The van der Waals surface area contributed by atoms with Crippen LogP contribution in [0.15, 0.2) is 4.99 Å². The molecule has 2 amide bonds. The Labute approximate surface area is 104 Å². The van der Waals surface area contributed by atoms with Gasteiger partial charge in [-0.2, -0.15) is 0 Å². The average molecular weight is 257 g/mol. The molecule has 0 aliphatic carbocycles. The van der Waals surface area contributed by atoms with E-state index in [2.05, 4.69) is 15.6 Å². The maximum atomic E-state index is 11.4. The number of ether oxygens (including phenoxy) is 1. The molecule has 2 N–H and O–H groups in total. The lowest BCUT2D eigenvalue weighted by Crippen LogP contribution is -2.43. The number of amidine groups is 1. The molecule has 0 aromatic carbocycles. The van der Waals surface area contributed by atoms with Crippen molar-refractivity contribution in [3.05, 3.63) is 0 Å². The summed E-state index contributed by atoms with van der Waals surface area (Å²) in [5.74, 6) is -0.431. The van der Waals surface area contributed by atoms with E-state index >= 15 is 0 Å². The third-order valence-electron chi connectivity index (χ3n) is 2.53. The van der Waals surface area contributed by atoms with Crippen LogP contribution >= 0.6 is 11.8 Å². The molecule has 0 radical (unpaired) electrons. The van der Waals surface area contributed by atoms with Crippen LogP contribution in [0.4, 0.5) is 0 Å². The normalized spacial score (nSPS) is 23.3. The Morgan fingerprint density at radius 2 is 2.35 bits per heavy atom. The van der Waals surface area contributed by atoms with Crippen LogP contribution in [0.3, 0.4) is 0 Å². The SMILES string of the molecule is O=C(NCC1CCCO1)C(=O)NC1=NCCS1. The number of hydrogen-bond donors (Lipinski definition) is 2. The Morgan fingerprint density at radius 3 is 3.00 bits per heavy atom. The van der Waals surface area contributed by atoms with Gasteiger partial charge in [0.1, 0.15) is 0 Å². The van der Waals surface area contributed by atoms with E-state index in [1.807, 2.05) is 0 Å². The fourth-order valence-electron chi connectivity index (χ4n) is 1.66. The number of carbonyl (C=O) groups is 2. The standard InChI is InChI=1S/C10H15N3O3S/c14-8(12-6-7-2-1-4-16-7)9(15)13-10-11-3-5-17-10/h7H,1-6H2,(H,12,14)(H,11,13,15). The summed E-state index contributed by atoms with van der Waals surface area (Å²) in [5, 5.41) is 5.56. The molecule has 1 atom stereocenters. The van der Waals surface area contributed by atoms with Crippen molar-refractivity contribution < 1.29 is 14.3 Å². The summed E-state index contributed by atoms with van der Waals surface area (Å²) in [6.45, 7) is 1.82. The van der Waals surface area contributed by atoms with Crippen molar-refractivity contribution >= 4 is 28.7 Å². The van der Waals surface area contributed by atoms with Gasteiger partial charge in [0.15, 0.2) is 5.17 Å². The molecular weight excluding hydrogens is 242 g/mol. The van der Waals surface area contributed by atoms with E-state index in [-0.39, 0.29) is 6.10 Å². The van der Waals surface area contributed by atoms with Crippen molar-refractivity contribution in [2.75, 3.05) is 25.4 Å². The van der Waals surface area contributed by atoms with Gasteiger partial charge in [-0.05, 0) is 12.8 Å². The molecule has 2 aliphatic rings. The van der Waals surface area contributed by atoms with E-state index in [1.54, 1.807) is 0 Å². The second-order valence-corrected chi connectivity index (χ2v) is 4.92. The second kappa shape index (κ2) is 6.02. The summed E-state index contributed by atoms with van der Waals surface area (Å²) in [4.78, 5) is 26.9. The van der Waals surface area contributed by atoms with Crippen LogP contribution in [0.25, 0.3) is 0 Å². The van der Waals surface area contributed by atoms with Crippen LogP contribution in [0.1, 0.15) is 12.8 Å². The number of aliphatic imine (C=N–C) groups is 1. The van der Waals surface area contributed by atoms with Gasteiger partial charge in [0, 0.05) is 18.9 Å². The topological polar surface area (TPSA) is 79.8 Å². The molecule has 2 rings (SSSR count). The highest BCUT2D eigenvalue weighted by molar-refractivity contribution is 8.14. The van der Waals surface area contributed by atoms with Crippen LogP contribution < -0.4 is 10.6 Å². The lowest BCUT2D eigenvalue weighted by Gasteiger charge is -2.10. The zero-order valence-corrected chi connectivity index (χ0v) is 10.2. The fraction of sp³-hybridized carbons (Fsp3) is 0.700. The van der Waals surface area contributed by atoms with Crippen LogP contribution in [0.5, 0.6) is 0 Å². The first-order chi connectivity index (χ1) is 8.25. The molecule has 2 aliphatic heterocycles. The molecule has 0 bridgehead atoms. The minimum Gasteiger partial charge on any atom is -0.376 e. The van der Waals surface area contributed by atoms with Crippen molar-refractivity contribution in [3.63, 3.8) is 0 Å². The van der Waals surface area contributed by atoms with Crippen molar-refractivity contribution in [1.29, 1.82) is 0 Å². The van der Waals surface area contributed by atoms with E-state index in [0.717, 1.165) is 25.2 Å². The van der Waals surface area contributed by atoms with Gasteiger partial charge in [0.25, 0.3) is 0 Å². The third kappa shape index (κ3) is 3.71. The summed E-state index contributed by atoms with van der Waals surface area (Å²) >= 11 is 1.44. The number of rotatable bonds is 2. The Morgan fingerprint density at radius 1 is 1.47 bits per heavy atom.